The van der Waals surface area contributed by atoms with Gasteiger partial charge in [-0.2, -0.15) is 0 Å². The van der Waals surface area contributed by atoms with E-state index in [0.717, 1.165) is 41.5 Å². The molecule has 1 aliphatic heterocycles. The Balaban J connectivity index is 1.42. The SMILES string of the molecule is Cc1ccc(CN2CCSc3ccc(C(=O)NCCc4ccc(Cl)cc4)cc32)cc1. The lowest BCUT2D eigenvalue weighted by Crippen LogP contribution is -2.30. The topological polar surface area (TPSA) is 32.3 Å². The van der Waals surface area contributed by atoms with Crippen LogP contribution in [0, 0.1) is 6.92 Å². The van der Waals surface area contributed by atoms with Gasteiger partial charge >= 0.3 is 0 Å². The number of aryl methyl sites for hydroxylation is 1. The van der Waals surface area contributed by atoms with Crippen molar-refractivity contribution >= 4 is 35.0 Å². The van der Waals surface area contributed by atoms with Crippen LogP contribution in [0.3, 0.4) is 0 Å². The minimum absolute atomic E-state index is 0.0300. The molecule has 0 saturated carbocycles. The molecule has 154 valence electrons. The number of fused-ring (bicyclic) bond motifs is 1. The molecule has 3 aromatic carbocycles. The molecule has 0 saturated heterocycles. The molecule has 5 heteroatoms. The Morgan fingerprint density at radius 3 is 2.53 bits per heavy atom. The molecule has 1 aliphatic rings. The number of nitrogens with one attached hydrogen (secondary N) is 1. The molecular formula is C25H25ClN2OS. The third-order valence-corrected chi connectivity index (χ3v) is 6.58. The van der Waals surface area contributed by atoms with Gasteiger partial charge in [-0.25, -0.2) is 0 Å². The maximum atomic E-state index is 12.7. The molecule has 0 unspecified atom stereocenters. The van der Waals surface area contributed by atoms with Gasteiger partial charge in [0.2, 0.25) is 0 Å². The number of thioether (sulfide) groups is 1. The Hall–Kier alpha value is -2.43. The van der Waals surface area contributed by atoms with E-state index in [1.807, 2.05) is 48.2 Å². The first-order valence-electron chi connectivity index (χ1n) is 10.2. The average molecular weight is 437 g/mol. The minimum atomic E-state index is -0.0300. The lowest BCUT2D eigenvalue weighted by molar-refractivity contribution is 0.0954. The normalized spacial score (nSPS) is 13.1. The molecule has 30 heavy (non-hydrogen) atoms. The zero-order valence-corrected chi connectivity index (χ0v) is 18.6. The van der Waals surface area contributed by atoms with Crippen molar-refractivity contribution < 1.29 is 4.79 Å². The Bertz CT molecular complexity index is 1020. The number of amides is 1. The predicted octanol–water partition coefficient (Wildman–Crippen LogP) is 5.73. The van der Waals surface area contributed by atoms with Crippen molar-refractivity contribution in [3.8, 4) is 0 Å². The highest BCUT2D eigenvalue weighted by atomic mass is 35.5. The third-order valence-electron chi connectivity index (χ3n) is 5.29. The summed E-state index contributed by atoms with van der Waals surface area (Å²) in [6, 6.07) is 22.5. The van der Waals surface area contributed by atoms with E-state index in [9.17, 15) is 4.79 Å². The number of benzene rings is 3. The van der Waals surface area contributed by atoms with Crippen LogP contribution in [0.15, 0.2) is 71.6 Å². The van der Waals surface area contributed by atoms with Crippen LogP contribution in [0.5, 0.6) is 0 Å². The van der Waals surface area contributed by atoms with Crippen molar-refractivity contribution in [2.45, 2.75) is 24.8 Å². The summed E-state index contributed by atoms with van der Waals surface area (Å²) in [5.41, 5.74) is 5.58. The van der Waals surface area contributed by atoms with E-state index in [0.29, 0.717) is 12.1 Å². The molecule has 1 heterocycles. The molecule has 1 amide bonds. The van der Waals surface area contributed by atoms with E-state index < -0.39 is 0 Å². The summed E-state index contributed by atoms with van der Waals surface area (Å²) >= 11 is 7.79. The molecule has 3 nitrogen and oxygen atoms in total. The van der Waals surface area contributed by atoms with Crippen LogP contribution in [0.1, 0.15) is 27.0 Å². The molecule has 0 radical (unpaired) electrons. The van der Waals surface area contributed by atoms with Gasteiger partial charge in [0.15, 0.2) is 0 Å². The Labute approximate surface area is 187 Å². The molecule has 4 rings (SSSR count). The van der Waals surface area contributed by atoms with Gasteiger partial charge < -0.3 is 10.2 Å². The predicted molar refractivity (Wildman–Crippen MR) is 127 cm³/mol. The molecule has 0 spiro atoms. The van der Waals surface area contributed by atoms with Crippen LogP contribution < -0.4 is 10.2 Å². The highest BCUT2D eigenvalue weighted by Gasteiger charge is 2.19. The van der Waals surface area contributed by atoms with Crippen LogP contribution in [-0.2, 0) is 13.0 Å². The van der Waals surface area contributed by atoms with Crippen molar-refractivity contribution in [2.75, 3.05) is 23.7 Å². The fourth-order valence-electron chi connectivity index (χ4n) is 3.57. The summed E-state index contributed by atoms with van der Waals surface area (Å²) in [6.07, 6.45) is 0.781. The van der Waals surface area contributed by atoms with Crippen LogP contribution in [-0.4, -0.2) is 24.7 Å². The minimum Gasteiger partial charge on any atom is -0.365 e. The first kappa shape index (κ1) is 20.8. The number of rotatable bonds is 6. The van der Waals surface area contributed by atoms with Gasteiger partial charge in [-0.1, -0.05) is 53.6 Å². The molecular weight excluding hydrogens is 412 g/mol. The maximum absolute atomic E-state index is 12.7. The number of hydrogen-bond acceptors (Lipinski definition) is 3. The van der Waals surface area contributed by atoms with Gasteiger partial charge in [0, 0.05) is 40.9 Å². The van der Waals surface area contributed by atoms with Gasteiger partial charge in [-0.3, -0.25) is 4.79 Å². The summed E-state index contributed by atoms with van der Waals surface area (Å²) in [5, 5.41) is 3.77. The number of carbonyl (C=O) groups excluding carboxylic acids is 1. The van der Waals surface area contributed by atoms with Crippen LogP contribution in [0.25, 0.3) is 0 Å². The number of hydrogen-bond donors (Lipinski definition) is 1. The Morgan fingerprint density at radius 1 is 1.03 bits per heavy atom. The highest BCUT2D eigenvalue weighted by Crippen LogP contribution is 2.36. The van der Waals surface area contributed by atoms with Gasteiger partial charge in [0.25, 0.3) is 5.91 Å². The standard InChI is InChI=1S/C25H25ClN2OS/c1-18-2-4-20(5-3-18)17-28-14-15-30-24-11-8-21(16-23(24)28)25(29)27-13-12-19-6-9-22(26)10-7-19/h2-11,16H,12-15,17H2,1H3,(H,27,29). The summed E-state index contributed by atoms with van der Waals surface area (Å²) in [4.78, 5) is 16.3. The van der Waals surface area contributed by atoms with Crippen molar-refractivity contribution in [1.82, 2.24) is 5.32 Å². The van der Waals surface area contributed by atoms with E-state index >= 15 is 0 Å². The van der Waals surface area contributed by atoms with Crippen LogP contribution in [0.4, 0.5) is 5.69 Å². The van der Waals surface area contributed by atoms with Crippen LogP contribution in [0.2, 0.25) is 5.02 Å². The zero-order valence-electron chi connectivity index (χ0n) is 17.0. The van der Waals surface area contributed by atoms with Gasteiger partial charge in [0.1, 0.15) is 0 Å². The van der Waals surface area contributed by atoms with E-state index in [1.54, 1.807) is 0 Å². The highest BCUT2D eigenvalue weighted by molar-refractivity contribution is 7.99. The smallest absolute Gasteiger partial charge is 0.251 e. The van der Waals surface area contributed by atoms with Crippen molar-refractivity contribution in [1.29, 1.82) is 0 Å². The van der Waals surface area contributed by atoms with Gasteiger partial charge in [-0.15, -0.1) is 11.8 Å². The van der Waals surface area contributed by atoms with E-state index in [4.69, 9.17) is 11.6 Å². The Morgan fingerprint density at radius 2 is 1.77 bits per heavy atom. The van der Waals surface area contributed by atoms with E-state index in [-0.39, 0.29) is 5.91 Å². The second-order valence-electron chi connectivity index (χ2n) is 7.57. The number of nitrogens with zero attached hydrogens (tertiary/aromatic N) is 1. The van der Waals surface area contributed by atoms with Crippen LogP contribution >= 0.6 is 23.4 Å². The molecule has 0 fully saturated rings. The zero-order chi connectivity index (χ0) is 20.9. The quantitative estimate of drug-likeness (QED) is 0.535. The third kappa shape index (κ3) is 5.18. The van der Waals surface area contributed by atoms with Crippen molar-refractivity contribution in [3.05, 3.63) is 94.0 Å². The Kier molecular flexibility index (Phi) is 6.66. The monoisotopic (exact) mass is 436 g/mol. The number of halogens is 1. The van der Waals surface area contributed by atoms with Gasteiger partial charge in [-0.05, 0) is 54.8 Å². The van der Waals surface area contributed by atoms with Crippen molar-refractivity contribution in [2.24, 2.45) is 0 Å². The first-order valence-corrected chi connectivity index (χ1v) is 11.5. The molecule has 0 bridgehead atoms. The lowest BCUT2D eigenvalue weighted by atomic mass is 10.1. The van der Waals surface area contributed by atoms with E-state index in [1.165, 1.54) is 16.0 Å². The molecule has 0 aromatic heterocycles. The summed E-state index contributed by atoms with van der Waals surface area (Å²) < 4.78 is 0. The number of anilines is 1. The molecule has 0 atom stereocenters. The maximum Gasteiger partial charge on any atom is 0.251 e. The summed E-state index contributed by atoms with van der Waals surface area (Å²) in [5.74, 6) is 1.03. The first-order chi connectivity index (χ1) is 14.6. The molecule has 1 N–H and O–H groups in total. The average Bonchev–Trinajstić information content (AvgIpc) is 2.76. The summed E-state index contributed by atoms with van der Waals surface area (Å²) in [7, 11) is 0. The molecule has 3 aromatic rings. The lowest BCUT2D eigenvalue weighted by Gasteiger charge is -2.31. The molecule has 0 aliphatic carbocycles. The largest absolute Gasteiger partial charge is 0.365 e. The van der Waals surface area contributed by atoms with Gasteiger partial charge in [0.05, 0.1) is 5.69 Å². The number of carbonyl (C=O) groups is 1. The van der Waals surface area contributed by atoms with Crippen molar-refractivity contribution in [3.63, 3.8) is 0 Å². The fourth-order valence-corrected chi connectivity index (χ4v) is 4.72. The second kappa shape index (κ2) is 9.59. The van der Waals surface area contributed by atoms with E-state index in [2.05, 4.69) is 47.5 Å². The summed E-state index contributed by atoms with van der Waals surface area (Å²) in [6.45, 7) is 4.54. The second-order valence-corrected chi connectivity index (χ2v) is 9.14. The fraction of sp³-hybridized carbons (Fsp3) is 0.240.